The van der Waals surface area contributed by atoms with E-state index >= 15 is 0 Å². The largest absolute Gasteiger partial charge is 0.399 e. The summed E-state index contributed by atoms with van der Waals surface area (Å²) in [6.45, 7) is 2.74. The van der Waals surface area contributed by atoms with Crippen LogP contribution in [0.4, 0.5) is 5.69 Å². The third-order valence-electron chi connectivity index (χ3n) is 3.55. The summed E-state index contributed by atoms with van der Waals surface area (Å²) in [5, 5.41) is 10.2. The number of hydrogen-bond acceptors (Lipinski definition) is 5. The van der Waals surface area contributed by atoms with Gasteiger partial charge in [0, 0.05) is 38.4 Å². The van der Waals surface area contributed by atoms with Crippen molar-refractivity contribution in [3.05, 3.63) is 29.8 Å². The molecule has 1 unspecified atom stereocenters. The lowest BCUT2D eigenvalue weighted by molar-refractivity contribution is 0.0923. The lowest BCUT2D eigenvalue weighted by Crippen LogP contribution is -2.49. The van der Waals surface area contributed by atoms with E-state index in [0.717, 1.165) is 5.56 Å². The van der Waals surface area contributed by atoms with Gasteiger partial charge in [0.05, 0.1) is 12.4 Å². The summed E-state index contributed by atoms with van der Waals surface area (Å²) in [5.74, 6) is 0. The number of nitrogens with two attached hydrogens (primary N) is 1. The molecule has 1 atom stereocenters. The first-order chi connectivity index (χ1) is 9.36. The van der Waals surface area contributed by atoms with Crippen LogP contribution in [-0.2, 0) is 10.0 Å². The molecular weight excluding hydrogens is 278 g/mol. The third-order valence-corrected chi connectivity index (χ3v) is 4.86. The number of hydrogen-bond donors (Lipinski definition) is 2. The topological polar surface area (TPSA) is 86.9 Å². The summed E-state index contributed by atoms with van der Waals surface area (Å²) in [5.41, 5.74) is 7.11. The first kappa shape index (κ1) is 15.2. The zero-order chi connectivity index (χ0) is 14.8. The van der Waals surface area contributed by atoms with Crippen LogP contribution in [-0.4, -0.2) is 61.7 Å². The van der Waals surface area contributed by atoms with Crippen molar-refractivity contribution in [3.63, 3.8) is 0 Å². The van der Waals surface area contributed by atoms with Crippen LogP contribution in [0.1, 0.15) is 11.7 Å². The van der Waals surface area contributed by atoms with E-state index in [0.29, 0.717) is 38.4 Å². The van der Waals surface area contributed by atoms with Crippen molar-refractivity contribution >= 4 is 15.7 Å². The molecule has 0 aromatic heterocycles. The van der Waals surface area contributed by atoms with E-state index in [1.807, 2.05) is 12.1 Å². The molecule has 1 aliphatic rings. The number of nitrogen functional groups attached to an aromatic ring is 1. The minimum atomic E-state index is -3.10. The van der Waals surface area contributed by atoms with Gasteiger partial charge in [-0.15, -0.1) is 0 Å². The average Bonchev–Trinajstić information content (AvgIpc) is 2.39. The SMILES string of the molecule is CS(=O)(=O)N1CCN(CC(O)c2ccc(N)cc2)CC1. The predicted octanol–water partition coefficient (Wildman–Crippen LogP) is -0.121. The lowest BCUT2D eigenvalue weighted by atomic mass is 10.1. The molecule has 1 aromatic carbocycles. The second-order valence-corrected chi connectivity index (χ2v) is 7.13. The summed E-state index contributed by atoms with van der Waals surface area (Å²) in [7, 11) is -3.10. The Balaban J connectivity index is 1.88. The number of rotatable bonds is 4. The number of aliphatic hydroxyl groups excluding tert-OH is 1. The first-order valence-electron chi connectivity index (χ1n) is 6.57. The van der Waals surface area contributed by atoms with Crippen molar-refractivity contribution in [2.24, 2.45) is 0 Å². The summed E-state index contributed by atoms with van der Waals surface area (Å²) < 4.78 is 24.3. The van der Waals surface area contributed by atoms with E-state index in [9.17, 15) is 13.5 Å². The molecule has 20 heavy (non-hydrogen) atoms. The van der Waals surface area contributed by atoms with Gasteiger partial charge in [0.25, 0.3) is 0 Å². The molecule has 0 saturated carbocycles. The molecule has 112 valence electrons. The van der Waals surface area contributed by atoms with Gasteiger partial charge in [0.1, 0.15) is 0 Å². The van der Waals surface area contributed by atoms with Gasteiger partial charge in [-0.1, -0.05) is 12.1 Å². The number of sulfonamides is 1. The maximum atomic E-state index is 11.4. The van der Waals surface area contributed by atoms with Crippen LogP contribution >= 0.6 is 0 Å². The highest BCUT2D eigenvalue weighted by Gasteiger charge is 2.24. The molecule has 0 aliphatic carbocycles. The van der Waals surface area contributed by atoms with E-state index < -0.39 is 16.1 Å². The summed E-state index contributed by atoms with van der Waals surface area (Å²) in [4.78, 5) is 2.07. The first-order valence-corrected chi connectivity index (χ1v) is 8.42. The minimum absolute atomic E-state index is 0.479. The zero-order valence-electron chi connectivity index (χ0n) is 11.6. The van der Waals surface area contributed by atoms with E-state index in [2.05, 4.69) is 4.90 Å². The van der Waals surface area contributed by atoms with Crippen LogP contribution < -0.4 is 5.73 Å². The monoisotopic (exact) mass is 299 g/mol. The molecule has 1 aromatic rings. The molecule has 1 heterocycles. The van der Waals surface area contributed by atoms with Gasteiger partial charge in [-0.25, -0.2) is 8.42 Å². The van der Waals surface area contributed by atoms with Crippen LogP contribution in [0, 0.1) is 0 Å². The summed E-state index contributed by atoms with van der Waals surface area (Å²) >= 11 is 0. The maximum Gasteiger partial charge on any atom is 0.211 e. The van der Waals surface area contributed by atoms with Crippen molar-refractivity contribution < 1.29 is 13.5 Å². The van der Waals surface area contributed by atoms with Crippen molar-refractivity contribution in [1.82, 2.24) is 9.21 Å². The zero-order valence-corrected chi connectivity index (χ0v) is 12.4. The average molecular weight is 299 g/mol. The highest BCUT2D eigenvalue weighted by atomic mass is 32.2. The molecule has 1 aliphatic heterocycles. The summed E-state index contributed by atoms with van der Waals surface area (Å²) in [6.07, 6.45) is 0.645. The number of benzene rings is 1. The molecule has 1 saturated heterocycles. The van der Waals surface area contributed by atoms with E-state index in [1.54, 1.807) is 12.1 Å². The highest BCUT2D eigenvalue weighted by Crippen LogP contribution is 2.17. The van der Waals surface area contributed by atoms with Crippen LogP contribution in [0.5, 0.6) is 0 Å². The van der Waals surface area contributed by atoms with Crippen molar-refractivity contribution in [1.29, 1.82) is 0 Å². The molecule has 0 amide bonds. The fourth-order valence-corrected chi connectivity index (χ4v) is 3.14. The number of anilines is 1. The van der Waals surface area contributed by atoms with Crippen molar-refractivity contribution in [2.75, 3.05) is 44.7 Å². The molecule has 0 radical (unpaired) electrons. The normalized spacial score (nSPS) is 19.9. The molecule has 3 N–H and O–H groups in total. The van der Waals surface area contributed by atoms with E-state index in [-0.39, 0.29) is 0 Å². The van der Waals surface area contributed by atoms with Crippen molar-refractivity contribution in [2.45, 2.75) is 6.10 Å². The number of β-amino-alcohol motifs (C(OH)–C–C–N with tert-alkyl or cyclic N) is 1. The molecular formula is C13H21N3O3S. The predicted molar refractivity (Wildman–Crippen MR) is 78.7 cm³/mol. The lowest BCUT2D eigenvalue weighted by Gasteiger charge is -2.34. The number of piperazine rings is 1. The van der Waals surface area contributed by atoms with Gasteiger partial charge in [-0.05, 0) is 17.7 Å². The highest BCUT2D eigenvalue weighted by molar-refractivity contribution is 7.88. The van der Waals surface area contributed by atoms with Crippen LogP contribution in [0.2, 0.25) is 0 Å². The Bertz CT molecular complexity index is 536. The second-order valence-electron chi connectivity index (χ2n) is 5.15. The van der Waals surface area contributed by atoms with Crippen LogP contribution in [0.3, 0.4) is 0 Å². The molecule has 2 rings (SSSR count). The van der Waals surface area contributed by atoms with Gasteiger partial charge in [0.15, 0.2) is 0 Å². The fraction of sp³-hybridized carbons (Fsp3) is 0.538. The maximum absolute atomic E-state index is 11.4. The van der Waals surface area contributed by atoms with E-state index in [4.69, 9.17) is 5.73 Å². The molecule has 0 spiro atoms. The Morgan fingerprint density at radius 1 is 1.20 bits per heavy atom. The number of nitrogens with zero attached hydrogens (tertiary/aromatic N) is 2. The smallest absolute Gasteiger partial charge is 0.211 e. The Morgan fingerprint density at radius 3 is 2.25 bits per heavy atom. The van der Waals surface area contributed by atoms with Gasteiger partial charge in [-0.2, -0.15) is 4.31 Å². The van der Waals surface area contributed by atoms with Gasteiger partial charge in [0.2, 0.25) is 10.0 Å². The van der Waals surface area contributed by atoms with Gasteiger partial charge in [-0.3, -0.25) is 4.90 Å². The van der Waals surface area contributed by atoms with E-state index in [1.165, 1.54) is 10.6 Å². The molecule has 6 nitrogen and oxygen atoms in total. The third kappa shape index (κ3) is 3.92. The Hall–Kier alpha value is -1.15. The van der Waals surface area contributed by atoms with Crippen LogP contribution in [0.15, 0.2) is 24.3 Å². The van der Waals surface area contributed by atoms with Gasteiger partial charge >= 0.3 is 0 Å². The second kappa shape index (κ2) is 6.09. The standard InChI is InChI=1S/C13H21N3O3S/c1-20(18,19)16-8-6-15(7-9-16)10-13(17)11-2-4-12(14)5-3-11/h2-5,13,17H,6-10,14H2,1H3. The Morgan fingerprint density at radius 2 is 1.75 bits per heavy atom. The molecule has 1 fully saturated rings. The minimum Gasteiger partial charge on any atom is -0.399 e. The Kier molecular flexibility index (Phi) is 4.64. The van der Waals surface area contributed by atoms with Crippen LogP contribution in [0.25, 0.3) is 0 Å². The van der Waals surface area contributed by atoms with Gasteiger partial charge < -0.3 is 10.8 Å². The molecule has 7 heteroatoms. The number of aliphatic hydroxyl groups is 1. The molecule has 0 bridgehead atoms. The quantitative estimate of drug-likeness (QED) is 0.757. The van der Waals surface area contributed by atoms with Crippen molar-refractivity contribution in [3.8, 4) is 0 Å². The summed E-state index contributed by atoms with van der Waals surface area (Å²) in [6, 6.07) is 7.15. The fourth-order valence-electron chi connectivity index (χ4n) is 2.31. The Labute approximate surface area is 119 Å².